The van der Waals surface area contributed by atoms with E-state index < -0.39 is 17.6 Å². The second kappa shape index (κ2) is 4.08. The summed E-state index contributed by atoms with van der Waals surface area (Å²) in [4.78, 5) is 6.86. The van der Waals surface area contributed by atoms with Crippen LogP contribution in [0.2, 0.25) is 0 Å². The monoisotopic (exact) mass is 270 g/mol. The molecule has 100 valence electrons. The van der Waals surface area contributed by atoms with Crippen LogP contribution >= 0.6 is 0 Å². The van der Waals surface area contributed by atoms with E-state index in [0.717, 1.165) is 30.7 Å². The smallest absolute Gasteiger partial charge is 0.342 e. The molecule has 1 heterocycles. The van der Waals surface area contributed by atoms with Gasteiger partial charge in [-0.25, -0.2) is 9.37 Å². The first-order chi connectivity index (χ1) is 8.95. The summed E-state index contributed by atoms with van der Waals surface area (Å²) in [6.07, 6.45) is -1.01. The molecule has 0 radical (unpaired) electrons. The number of halogens is 4. The summed E-state index contributed by atoms with van der Waals surface area (Å²) in [5.41, 5.74) is -0.294. The lowest BCUT2D eigenvalue weighted by Crippen LogP contribution is -2.08. The van der Waals surface area contributed by atoms with Crippen molar-refractivity contribution in [1.82, 2.24) is 9.97 Å². The minimum Gasteiger partial charge on any atom is -0.342 e. The fourth-order valence-electron chi connectivity index (χ4n) is 2.03. The summed E-state index contributed by atoms with van der Waals surface area (Å²) < 4.78 is 51.7. The third kappa shape index (κ3) is 2.34. The van der Waals surface area contributed by atoms with Gasteiger partial charge in [0, 0.05) is 23.4 Å². The van der Waals surface area contributed by atoms with E-state index in [9.17, 15) is 17.6 Å². The van der Waals surface area contributed by atoms with E-state index in [1.54, 1.807) is 6.20 Å². The molecule has 1 aromatic heterocycles. The van der Waals surface area contributed by atoms with Gasteiger partial charge in [-0.05, 0) is 31.0 Å². The molecular formula is C13H10F4N2. The van der Waals surface area contributed by atoms with Crippen LogP contribution in [0, 0.1) is 5.82 Å². The Hall–Kier alpha value is -1.85. The van der Waals surface area contributed by atoms with E-state index in [-0.39, 0.29) is 11.4 Å². The van der Waals surface area contributed by atoms with Crippen molar-refractivity contribution in [1.29, 1.82) is 0 Å². The molecule has 19 heavy (non-hydrogen) atoms. The molecule has 1 N–H and O–H groups in total. The highest BCUT2D eigenvalue weighted by Gasteiger charge is 2.35. The summed E-state index contributed by atoms with van der Waals surface area (Å²) >= 11 is 0. The fourth-order valence-corrected chi connectivity index (χ4v) is 2.03. The Balaban J connectivity index is 2.07. The fraction of sp³-hybridized carbons (Fsp3) is 0.308. The maximum absolute atomic E-state index is 13.0. The minimum absolute atomic E-state index is 0.124. The van der Waals surface area contributed by atoms with E-state index in [1.807, 2.05) is 0 Å². The van der Waals surface area contributed by atoms with Crippen molar-refractivity contribution in [3.63, 3.8) is 0 Å². The van der Waals surface area contributed by atoms with Crippen molar-refractivity contribution in [2.24, 2.45) is 0 Å². The van der Waals surface area contributed by atoms with Gasteiger partial charge in [0.25, 0.3) is 0 Å². The maximum atomic E-state index is 13.0. The van der Waals surface area contributed by atoms with Crippen LogP contribution in [0.15, 0.2) is 24.4 Å². The zero-order chi connectivity index (χ0) is 13.6. The van der Waals surface area contributed by atoms with Crippen LogP contribution < -0.4 is 0 Å². The average molecular weight is 270 g/mol. The van der Waals surface area contributed by atoms with Crippen LogP contribution in [0.25, 0.3) is 11.4 Å². The van der Waals surface area contributed by atoms with Crippen molar-refractivity contribution >= 4 is 0 Å². The van der Waals surface area contributed by atoms with E-state index in [2.05, 4.69) is 9.97 Å². The Morgan fingerprint density at radius 2 is 1.95 bits per heavy atom. The van der Waals surface area contributed by atoms with Gasteiger partial charge in [0.15, 0.2) is 0 Å². The summed E-state index contributed by atoms with van der Waals surface area (Å²) in [7, 11) is 0. The van der Waals surface area contributed by atoms with Gasteiger partial charge < -0.3 is 4.98 Å². The second-order valence-corrected chi connectivity index (χ2v) is 4.65. The largest absolute Gasteiger partial charge is 0.417 e. The van der Waals surface area contributed by atoms with Gasteiger partial charge in [-0.15, -0.1) is 0 Å². The van der Waals surface area contributed by atoms with Crippen molar-refractivity contribution in [2.75, 3.05) is 0 Å². The third-order valence-electron chi connectivity index (χ3n) is 3.15. The number of aromatic nitrogens is 2. The maximum Gasteiger partial charge on any atom is 0.417 e. The molecule has 6 heteroatoms. The Morgan fingerprint density at radius 3 is 2.58 bits per heavy atom. The van der Waals surface area contributed by atoms with Crippen molar-refractivity contribution in [2.45, 2.75) is 24.9 Å². The molecule has 2 nitrogen and oxygen atoms in total. The van der Waals surface area contributed by atoms with Gasteiger partial charge in [-0.1, -0.05) is 0 Å². The second-order valence-electron chi connectivity index (χ2n) is 4.65. The molecule has 1 saturated carbocycles. The number of benzene rings is 1. The number of nitrogens with zero attached hydrogens (tertiary/aromatic N) is 1. The number of alkyl halides is 3. The lowest BCUT2D eigenvalue weighted by atomic mass is 10.1. The topological polar surface area (TPSA) is 28.7 Å². The third-order valence-corrected chi connectivity index (χ3v) is 3.15. The van der Waals surface area contributed by atoms with Gasteiger partial charge in [-0.2, -0.15) is 13.2 Å². The predicted molar refractivity (Wildman–Crippen MR) is 61.0 cm³/mol. The lowest BCUT2D eigenvalue weighted by Gasteiger charge is -2.11. The molecule has 0 atom stereocenters. The zero-order valence-corrected chi connectivity index (χ0v) is 9.76. The van der Waals surface area contributed by atoms with Gasteiger partial charge in [-0.3, -0.25) is 0 Å². The van der Waals surface area contributed by atoms with Crippen molar-refractivity contribution in [3.8, 4) is 11.4 Å². The normalized spacial score (nSPS) is 15.8. The van der Waals surface area contributed by atoms with Crippen LogP contribution in [0.1, 0.15) is 30.0 Å². The van der Waals surface area contributed by atoms with Gasteiger partial charge in [0.2, 0.25) is 0 Å². The van der Waals surface area contributed by atoms with E-state index in [4.69, 9.17) is 0 Å². The number of H-pyrrole nitrogens is 1. The molecule has 0 bridgehead atoms. The molecule has 1 aromatic carbocycles. The van der Waals surface area contributed by atoms with Gasteiger partial charge in [0.1, 0.15) is 11.6 Å². The Labute approximate surface area is 106 Å². The molecule has 3 rings (SSSR count). The highest BCUT2D eigenvalue weighted by molar-refractivity contribution is 5.61. The van der Waals surface area contributed by atoms with Gasteiger partial charge in [0.05, 0.1) is 5.56 Å². The number of rotatable bonds is 2. The first kappa shape index (κ1) is 12.2. The molecule has 2 aromatic rings. The van der Waals surface area contributed by atoms with Crippen LogP contribution in [0.3, 0.4) is 0 Å². The highest BCUT2D eigenvalue weighted by atomic mass is 19.4. The highest BCUT2D eigenvalue weighted by Crippen LogP contribution is 2.41. The number of hydrogen-bond acceptors (Lipinski definition) is 1. The summed E-state index contributed by atoms with van der Waals surface area (Å²) in [5, 5.41) is 0. The molecule has 0 spiro atoms. The summed E-state index contributed by atoms with van der Waals surface area (Å²) in [6, 6.07) is 2.60. The lowest BCUT2D eigenvalue weighted by molar-refractivity contribution is -0.137. The molecule has 0 saturated heterocycles. The molecular weight excluding hydrogens is 260 g/mol. The number of nitrogens with one attached hydrogen (secondary N) is 1. The van der Waals surface area contributed by atoms with Crippen LogP contribution in [-0.4, -0.2) is 9.97 Å². The summed E-state index contributed by atoms with van der Waals surface area (Å²) in [5.74, 6) is -0.407. The SMILES string of the molecule is Fc1ccc(-c2ncc(C3CC3)[nH]2)c(C(F)(F)F)c1. The average Bonchev–Trinajstić information content (AvgIpc) is 3.07. The zero-order valence-electron chi connectivity index (χ0n) is 9.76. The minimum atomic E-state index is -4.61. The van der Waals surface area contributed by atoms with Crippen molar-refractivity contribution < 1.29 is 17.6 Å². The Kier molecular flexibility index (Phi) is 2.62. The molecule has 0 aliphatic heterocycles. The molecule has 1 aliphatic rings. The Morgan fingerprint density at radius 1 is 1.21 bits per heavy atom. The standard InChI is InChI=1S/C13H10F4N2/c14-8-3-4-9(10(5-8)13(15,16)17)12-18-6-11(19-12)7-1-2-7/h3-7H,1-2H2,(H,18,19). The van der Waals surface area contributed by atoms with E-state index in [0.29, 0.717) is 12.0 Å². The van der Waals surface area contributed by atoms with Crippen LogP contribution in [0.5, 0.6) is 0 Å². The van der Waals surface area contributed by atoms with E-state index in [1.165, 1.54) is 0 Å². The summed E-state index contributed by atoms with van der Waals surface area (Å²) in [6.45, 7) is 0. The number of aromatic amines is 1. The van der Waals surface area contributed by atoms with Crippen molar-refractivity contribution in [3.05, 3.63) is 41.5 Å². The number of imidazole rings is 1. The first-order valence-electron chi connectivity index (χ1n) is 5.87. The van der Waals surface area contributed by atoms with Gasteiger partial charge >= 0.3 is 6.18 Å². The number of hydrogen-bond donors (Lipinski definition) is 1. The molecule has 0 amide bonds. The molecule has 0 unspecified atom stereocenters. The molecule has 1 aliphatic carbocycles. The predicted octanol–water partition coefficient (Wildman–Crippen LogP) is 4.11. The first-order valence-corrected chi connectivity index (χ1v) is 5.87. The van der Waals surface area contributed by atoms with Crippen LogP contribution in [-0.2, 0) is 6.18 Å². The quantitative estimate of drug-likeness (QED) is 0.817. The van der Waals surface area contributed by atoms with Crippen LogP contribution in [0.4, 0.5) is 17.6 Å². The Bertz CT molecular complexity index is 611. The molecule has 1 fully saturated rings. The van der Waals surface area contributed by atoms with E-state index >= 15 is 0 Å².